The van der Waals surface area contributed by atoms with Gasteiger partial charge in [0.2, 0.25) is 0 Å². The van der Waals surface area contributed by atoms with E-state index < -0.39 is 10.2 Å². The first kappa shape index (κ1) is 20.9. The van der Waals surface area contributed by atoms with E-state index in [2.05, 4.69) is 34.5 Å². The van der Waals surface area contributed by atoms with Crippen LogP contribution in [0.3, 0.4) is 0 Å². The van der Waals surface area contributed by atoms with E-state index in [1.807, 2.05) is 32.0 Å². The summed E-state index contributed by atoms with van der Waals surface area (Å²) in [5, 5.41) is 1.08. The second-order valence-corrected chi connectivity index (χ2v) is 9.03. The quantitative estimate of drug-likeness (QED) is 0.699. The van der Waals surface area contributed by atoms with Crippen LogP contribution in [0.15, 0.2) is 24.3 Å². The van der Waals surface area contributed by atoms with Gasteiger partial charge in [-0.25, -0.2) is 0 Å². The first-order chi connectivity index (χ1) is 13.4. The van der Waals surface area contributed by atoms with Crippen LogP contribution in [0.4, 0.5) is 5.69 Å². The van der Waals surface area contributed by atoms with Crippen LogP contribution in [0, 0.1) is 6.92 Å². The van der Waals surface area contributed by atoms with E-state index in [1.54, 1.807) is 0 Å². The minimum absolute atomic E-state index is 0.448. The van der Waals surface area contributed by atoms with Crippen molar-refractivity contribution in [3.63, 3.8) is 0 Å². The van der Waals surface area contributed by atoms with Crippen LogP contribution >= 0.6 is 0 Å². The van der Waals surface area contributed by atoms with Crippen molar-refractivity contribution in [1.29, 1.82) is 0 Å². The number of aromatic amines is 1. The molecule has 28 heavy (non-hydrogen) atoms. The smallest absolute Gasteiger partial charge is 0.301 e. The van der Waals surface area contributed by atoms with Crippen molar-refractivity contribution in [2.45, 2.75) is 40.5 Å². The predicted molar refractivity (Wildman–Crippen MR) is 118 cm³/mol. The summed E-state index contributed by atoms with van der Waals surface area (Å²) in [7, 11) is -3.54. The molecule has 0 aliphatic carbocycles. The van der Waals surface area contributed by atoms with Crippen LogP contribution in [-0.4, -0.2) is 55.3 Å². The number of nitrogens with one attached hydrogen (secondary N) is 2. The topological polar surface area (TPSA) is 68.4 Å². The number of H-pyrrole nitrogens is 1. The fraction of sp³-hybridized carbons (Fsp3) is 0.524. The van der Waals surface area contributed by atoms with Crippen LogP contribution in [0.25, 0.3) is 16.5 Å². The average molecular weight is 405 g/mol. The highest BCUT2D eigenvalue weighted by Gasteiger charge is 2.21. The second-order valence-electron chi connectivity index (χ2n) is 7.36. The molecule has 2 N–H and O–H groups in total. The highest BCUT2D eigenvalue weighted by molar-refractivity contribution is 7.90. The number of nitrogens with zero attached hydrogens (tertiary/aromatic N) is 2. The molecule has 0 spiro atoms. The Morgan fingerprint density at radius 1 is 1.21 bits per heavy atom. The zero-order valence-corrected chi connectivity index (χ0v) is 18.2. The van der Waals surface area contributed by atoms with Crippen molar-refractivity contribution in [3.8, 4) is 0 Å². The predicted octanol–water partition coefficient (Wildman–Crippen LogP) is 3.97. The monoisotopic (exact) mass is 404 g/mol. The van der Waals surface area contributed by atoms with E-state index in [0.29, 0.717) is 18.8 Å². The average Bonchev–Trinajstić information content (AvgIpc) is 2.98. The lowest BCUT2D eigenvalue weighted by Crippen LogP contribution is -2.35. The molecule has 1 aliphatic heterocycles. The van der Waals surface area contributed by atoms with Gasteiger partial charge in [-0.3, -0.25) is 9.62 Å². The van der Waals surface area contributed by atoms with Gasteiger partial charge in [-0.1, -0.05) is 26.8 Å². The number of aryl methyl sites for hydroxylation is 1. The summed E-state index contributed by atoms with van der Waals surface area (Å²) in [6.45, 7) is 12.1. The molecule has 0 saturated heterocycles. The Hall–Kier alpha value is -1.83. The molecular weight excluding hydrogens is 372 g/mol. The van der Waals surface area contributed by atoms with Crippen molar-refractivity contribution >= 4 is 32.4 Å². The van der Waals surface area contributed by atoms with Gasteiger partial charge in [-0.05, 0) is 50.1 Å². The van der Waals surface area contributed by atoms with Gasteiger partial charge in [0.1, 0.15) is 0 Å². The highest BCUT2D eigenvalue weighted by Crippen LogP contribution is 2.34. The fourth-order valence-corrected chi connectivity index (χ4v) is 5.27. The first-order valence-corrected chi connectivity index (χ1v) is 11.7. The van der Waals surface area contributed by atoms with Crippen LogP contribution in [-0.2, 0) is 10.2 Å². The molecule has 0 bridgehead atoms. The fourth-order valence-electron chi connectivity index (χ4n) is 4.04. The Morgan fingerprint density at radius 2 is 1.96 bits per heavy atom. The second kappa shape index (κ2) is 8.68. The largest absolute Gasteiger partial charge is 0.358 e. The molecule has 0 saturated carbocycles. The molecule has 2 aromatic rings. The van der Waals surface area contributed by atoms with Crippen LogP contribution in [0.2, 0.25) is 0 Å². The molecule has 154 valence electrons. The van der Waals surface area contributed by atoms with Gasteiger partial charge in [0, 0.05) is 48.3 Å². The van der Waals surface area contributed by atoms with Crippen LogP contribution in [0.1, 0.15) is 44.9 Å². The van der Waals surface area contributed by atoms with E-state index in [0.717, 1.165) is 42.7 Å². The van der Waals surface area contributed by atoms with Gasteiger partial charge in [0.15, 0.2) is 0 Å². The molecule has 6 nitrogen and oxygen atoms in total. The molecule has 0 amide bonds. The van der Waals surface area contributed by atoms with Crippen LogP contribution < -0.4 is 4.72 Å². The third kappa shape index (κ3) is 4.26. The molecule has 0 radical (unpaired) electrons. The first-order valence-electron chi connectivity index (χ1n) is 10.2. The minimum atomic E-state index is -3.54. The van der Waals surface area contributed by atoms with E-state index in [-0.39, 0.29) is 0 Å². The Bertz CT molecular complexity index is 958. The lowest BCUT2D eigenvalue weighted by atomic mass is 9.96. The number of anilines is 1. The van der Waals surface area contributed by atoms with Crippen molar-refractivity contribution in [2.75, 3.05) is 37.4 Å². The van der Waals surface area contributed by atoms with Crippen molar-refractivity contribution in [2.24, 2.45) is 0 Å². The van der Waals surface area contributed by atoms with Crippen molar-refractivity contribution in [1.82, 2.24) is 14.2 Å². The van der Waals surface area contributed by atoms with Gasteiger partial charge in [-0.2, -0.15) is 12.7 Å². The summed E-state index contributed by atoms with van der Waals surface area (Å²) >= 11 is 0. The van der Waals surface area contributed by atoms with Gasteiger partial charge in [0.05, 0.1) is 5.69 Å². The minimum Gasteiger partial charge on any atom is -0.358 e. The summed E-state index contributed by atoms with van der Waals surface area (Å²) in [6, 6.07) is 5.73. The number of fused-ring (bicyclic) bond motifs is 1. The molecule has 1 aromatic carbocycles. The Kier molecular flexibility index (Phi) is 6.47. The summed E-state index contributed by atoms with van der Waals surface area (Å²) in [5.74, 6) is 0. The number of rotatable bonds is 8. The van der Waals surface area contributed by atoms with Gasteiger partial charge >= 0.3 is 10.2 Å². The lowest BCUT2D eigenvalue weighted by Gasteiger charge is -2.26. The van der Waals surface area contributed by atoms with E-state index in [4.69, 9.17) is 0 Å². The maximum Gasteiger partial charge on any atom is 0.301 e. The number of aromatic nitrogens is 1. The molecular formula is C21H32N4O2S. The summed E-state index contributed by atoms with van der Waals surface area (Å²) in [5.41, 5.74) is 5.34. The zero-order chi connectivity index (χ0) is 20.3. The van der Waals surface area contributed by atoms with Gasteiger partial charge in [0.25, 0.3) is 0 Å². The molecule has 2 heterocycles. The van der Waals surface area contributed by atoms with E-state index in [1.165, 1.54) is 21.9 Å². The molecule has 0 fully saturated rings. The van der Waals surface area contributed by atoms with E-state index in [9.17, 15) is 8.42 Å². The Balaban J connectivity index is 1.93. The number of hydrogen-bond donors (Lipinski definition) is 2. The molecule has 0 unspecified atom stereocenters. The van der Waals surface area contributed by atoms with Gasteiger partial charge in [-0.15, -0.1) is 0 Å². The van der Waals surface area contributed by atoms with Crippen LogP contribution in [0.5, 0.6) is 0 Å². The van der Waals surface area contributed by atoms with Gasteiger partial charge < -0.3 is 4.98 Å². The molecule has 0 atom stereocenters. The number of benzene rings is 1. The van der Waals surface area contributed by atoms with E-state index >= 15 is 0 Å². The summed E-state index contributed by atoms with van der Waals surface area (Å²) < 4.78 is 29.3. The Morgan fingerprint density at radius 3 is 2.57 bits per heavy atom. The third-order valence-corrected chi connectivity index (χ3v) is 7.12. The number of hydrogen-bond acceptors (Lipinski definition) is 3. The summed E-state index contributed by atoms with van der Waals surface area (Å²) in [4.78, 5) is 5.92. The highest BCUT2D eigenvalue weighted by atomic mass is 32.2. The normalized spacial score (nSPS) is 16.0. The third-order valence-electron chi connectivity index (χ3n) is 5.43. The molecule has 1 aliphatic rings. The van der Waals surface area contributed by atoms with Crippen molar-refractivity contribution in [3.05, 3.63) is 35.5 Å². The Labute approximate surface area is 168 Å². The SMILES string of the molecule is CCCN1CC=C(c2c(C)[nH]c3ccc(NS(=O)(=O)N(CC)CC)cc23)CC1. The maximum absolute atomic E-state index is 12.6. The zero-order valence-electron chi connectivity index (χ0n) is 17.4. The molecule has 7 heteroatoms. The maximum atomic E-state index is 12.6. The summed E-state index contributed by atoms with van der Waals surface area (Å²) in [6.07, 6.45) is 4.51. The lowest BCUT2D eigenvalue weighted by molar-refractivity contribution is 0.302. The standard InChI is InChI=1S/C21H32N4O2S/c1-5-12-24-13-10-17(11-14-24)21-16(4)22-20-9-8-18(15-19(20)21)23-28(26,27)25(6-2)7-3/h8-10,15,22-23H,5-7,11-14H2,1-4H3. The van der Waals surface area contributed by atoms with Crippen molar-refractivity contribution < 1.29 is 8.42 Å². The molecule has 3 rings (SSSR count). The molecule has 1 aromatic heterocycles.